The lowest BCUT2D eigenvalue weighted by Crippen LogP contribution is -2.43. The lowest BCUT2D eigenvalue weighted by atomic mass is 10.1. The van der Waals surface area contributed by atoms with Crippen LogP contribution in [0.15, 0.2) is 60.7 Å². The zero-order chi connectivity index (χ0) is 20.1. The van der Waals surface area contributed by atoms with Crippen LogP contribution in [0.25, 0.3) is 10.8 Å². The van der Waals surface area contributed by atoms with Gasteiger partial charge >= 0.3 is 5.97 Å². The maximum absolute atomic E-state index is 13.5. The Morgan fingerprint density at radius 1 is 0.893 bits per heavy atom. The van der Waals surface area contributed by atoms with Gasteiger partial charge in [0.05, 0.1) is 5.56 Å². The van der Waals surface area contributed by atoms with Crippen LogP contribution >= 0.6 is 0 Å². The van der Waals surface area contributed by atoms with Crippen LogP contribution in [0.1, 0.15) is 20.7 Å². The predicted octanol–water partition coefficient (Wildman–Crippen LogP) is 2.30. The van der Waals surface area contributed by atoms with Crippen LogP contribution in [-0.4, -0.2) is 29.5 Å². The average Bonchev–Trinajstić information content (AvgIpc) is 2.70. The van der Waals surface area contributed by atoms with Crippen LogP contribution in [0.3, 0.4) is 0 Å². The Balaban J connectivity index is 1.56. The van der Waals surface area contributed by atoms with Crippen LogP contribution in [0.2, 0.25) is 0 Å². The molecule has 28 heavy (non-hydrogen) atoms. The first-order chi connectivity index (χ1) is 13.5. The fourth-order valence-corrected chi connectivity index (χ4v) is 2.48. The molecule has 0 radical (unpaired) electrons. The SMILES string of the molecule is O=C(COC(=O)c1cc2ccccc2cc1O)NNC(=O)c1ccccc1F. The number of hydrogen-bond acceptors (Lipinski definition) is 5. The molecule has 3 aromatic carbocycles. The smallest absolute Gasteiger partial charge is 0.342 e. The van der Waals surface area contributed by atoms with E-state index in [4.69, 9.17) is 4.74 Å². The molecular formula is C20H15FN2O5. The third-order valence-electron chi connectivity index (χ3n) is 3.85. The van der Waals surface area contributed by atoms with E-state index in [1.807, 2.05) is 10.9 Å². The van der Waals surface area contributed by atoms with Gasteiger partial charge in [-0.05, 0) is 35.0 Å². The van der Waals surface area contributed by atoms with Gasteiger partial charge in [0, 0.05) is 0 Å². The predicted molar refractivity (Wildman–Crippen MR) is 97.9 cm³/mol. The quantitative estimate of drug-likeness (QED) is 0.474. The summed E-state index contributed by atoms with van der Waals surface area (Å²) in [7, 11) is 0. The van der Waals surface area contributed by atoms with Gasteiger partial charge < -0.3 is 9.84 Å². The number of esters is 1. The minimum Gasteiger partial charge on any atom is -0.507 e. The lowest BCUT2D eigenvalue weighted by Gasteiger charge is -2.10. The summed E-state index contributed by atoms with van der Waals surface area (Å²) in [5.41, 5.74) is 3.69. The number of ether oxygens (including phenoxy) is 1. The second-order valence-corrected chi connectivity index (χ2v) is 5.77. The monoisotopic (exact) mass is 382 g/mol. The zero-order valence-electron chi connectivity index (χ0n) is 14.4. The Kier molecular flexibility index (Phi) is 5.50. The van der Waals surface area contributed by atoms with E-state index in [2.05, 4.69) is 0 Å². The third-order valence-corrected chi connectivity index (χ3v) is 3.85. The molecule has 0 bridgehead atoms. The van der Waals surface area contributed by atoms with E-state index in [0.29, 0.717) is 5.39 Å². The van der Waals surface area contributed by atoms with Crippen LogP contribution in [0, 0.1) is 5.82 Å². The summed E-state index contributed by atoms with van der Waals surface area (Å²) >= 11 is 0. The summed E-state index contributed by atoms with van der Waals surface area (Å²) in [6.45, 7) is -0.706. The van der Waals surface area contributed by atoms with Crippen LogP contribution in [-0.2, 0) is 9.53 Å². The zero-order valence-corrected chi connectivity index (χ0v) is 14.4. The van der Waals surface area contributed by atoms with Gasteiger partial charge in [-0.3, -0.25) is 20.4 Å². The number of hydrazine groups is 1. The second kappa shape index (κ2) is 8.17. The van der Waals surface area contributed by atoms with Gasteiger partial charge in [0.2, 0.25) is 0 Å². The molecule has 0 aromatic heterocycles. The number of carbonyl (C=O) groups excluding carboxylic acids is 3. The van der Waals surface area contributed by atoms with E-state index in [-0.39, 0.29) is 16.9 Å². The number of fused-ring (bicyclic) bond motifs is 1. The van der Waals surface area contributed by atoms with Gasteiger partial charge in [-0.25, -0.2) is 9.18 Å². The van der Waals surface area contributed by atoms with Crippen molar-refractivity contribution in [1.82, 2.24) is 10.9 Å². The molecule has 7 nitrogen and oxygen atoms in total. The number of aromatic hydroxyl groups is 1. The fraction of sp³-hybridized carbons (Fsp3) is 0.0500. The molecule has 3 N–H and O–H groups in total. The third kappa shape index (κ3) is 4.24. The highest BCUT2D eigenvalue weighted by atomic mass is 19.1. The Labute approximate surface area is 158 Å². The van der Waals surface area contributed by atoms with Crippen molar-refractivity contribution in [2.45, 2.75) is 0 Å². The number of benzene rings is 3. The van der Waals surface area contributed by atoms with Gasteiger partial charge in [0.1, 0.15) is 17.1 Å². The minimum atomic E-state index is -0.904. The van der Waals surface area contributed by atoms with Gasteiger partial charge in [-0.15, -0.1) is 0 Å². The maximum Gasteiger partial charge on any atom is 0.342 e. The largest absolute Gasteiger partial charge is 0.507 e. The summed E-state index contributed by atoms with van der Waals surface area (Å²) < 4.78 is 18.3. The van der Waals surface area contributed by atoms with Gasteiger partial charge in [0.25, 0.3) is 11.8 Å². The van der Waals surface area contributed by atoms with E-state index >= 15 is 0 Å². The lowest BCUT2D eigenvalue weighted by molar-refractivity contribution is -0.125. The molecule has 0 aliphatic carbocycles. The molecule has 8 heteroatoms. The molecule has 0 saturated carbocycles. The number of rotatable bonds is 4. The molecule has 0 fully saturated rings. The first-order valence-electron chi connectivity index (χ1n) is 8.18. The van der Waals surface area contributed by atoms with E-state index in [1.165, 1.54) is 30.3 Å². The Morgan fingerprint density at radius 3 is 2.25 bits per heavy atom. The Morgan fingerprint density at radius 2 is 1.54 bits per heavy atom. The summed E-state index contributed by atoms with van der Waals surface area (Å²) in [5, 5.41) is 11.4. The molecule has 0 aliphatic rings. The molecular weight excluding hydrogens is 367 g/mol. The molecule has 0 saturated heterocycles. The number of nitrogens with one attached hydrogen (secondary N) is 2. The van der Waals surface area contributed by atoms with Crippen molar-refractivity contribution in [1.29, 1.82) is 0 Å². The minimum absolute atomic E-state index is 0.0955. The summed E-state index contributed by atoms with van der Waals surface area (Å²) in [5.74, 6) is -3.62. The average molecular weight is 382 g/mol. The summed E-state index contributed by atoms with van der Waals surface area (Å²) in [6.07, 6.45) is 0. The van der Waals surface area contributed by atoms with Crippen molar-refractivity contribution in [3.63, 3.8) is 0 Å². The van der Waals surface area contributed by atoms with Crippen molar-refractivity contribution < 1.29 is 28.6 Å². The van der Waals surface area contributed by atoms with Gasteiger partial charge in [-0.1, -0.05) is 36.4 Å². The number of phenols is 1. The molecule has 0 unspecified atom stereocenters. The van der Waals surface area contributed by atoms with E-state index in [9.17, 15) is 23.9 Å². The molecule has 2 amide bonds. The van der Waals surface area contributed by atoms with Crippen molar-refractivity contribution in [3.8, 4) is 5.75 Å². The molecule has 0 atom stereocenters. The normalized spacial score (nSPS) is 10.3. The van der Waals surface area contributed by atoms with Crippen LogP contribution in [0.4, 0.5) is 4.39 Å². The van der Waals surface area contributed by atoms with Crippen LogP contribution in [0.5, 0.6) is 5.75 Å². The van der Waals surface area contributed by atoms with E-state index in [0.717, 1.165) is 11.5 Å². The maximum atomic E-state index is 13.5. The number of carbonyl (C=O) groups is 3. The fourth-order valence-electron chi connectivity index (χ4n) is 2.48. The molecule has 0 spiro atoms. The number of phenolic OH excluding ortho intramolecular Hbond substituents is 1. The summed E-state index contributed by atoms with van der Waals surface area (Å²) in [6, 6.07) is 15.2. The summed E-state index contributed by atoms with van der Waals surface area (Å²) in [4.78, 5) is 35.6. The highest BCUT2D eigenvalue weighted by Gasteiger charge is 2.16. The van der Waals surface area contributed by atoms with Gasteiger partial charge in [-0.2, -0.15) is 0 Å². The molecule has 0 aliphatic heterocycles. The first kappa shape index (κ1) is 18.8. The molecule has 3 aromatic rings. The van der Waals surface area contributed by atoms with Crippen molar-refractivity contribution >= 4 is 28.6 Å². The first-order valence-corrected chi connectivity index (χ1v) is 8.18. The Bertz CT molecular complexity index is 1070. The van der Waals surface area contributed by atoms with Crippen molar-refractivity contribution in [3.05, 3.63) is 77.6 Å². The highest BCUT2D eigenvalue weighted by Crippen LogP contribution is 2.25. The molecule has 0 heterocycles. The van der Waals surface area contributed by atoms with E-state index < -0.39 is 30.2 Å². The highest BCUT2D eigenvalue weighted by molar-refractivity contribution is 5.99. The van der Waals surface area contributed by atoms with E-state index in [1.54, 1.807) is 24.3 Å². The Hall–Kier alpha value is -3.94. The second-order valence-electron chi connectivity index (χ2n) is 5.77. The van der Waals surface area contributed by atoms with Crippen molar-refractivity contribution in [2.24, 2.45) is 0 Å². The standard InChI is InChI=1S/C20H15FN2O5/c21-16-8-4-3-7-14(16)19(26)23-22-18(25)11-28-20(27)15-9-12-5-1-2-6-13(12)10-17(15)24/h1-10,24H,11H2,(H,22,25)(H,23,26). The number of amides is 2. The number of halogens is 1. The van der Waals surface area contributed by atoms with Crippen molar-refractivity contribution in [2.75, 3.05) is 6.61 Å². The van der Waals surface area contributed by atoms with Gasteiger partial charge in [0.15, 0.2) is 6.61 Å². The van der Waals surface area contributed by atoms with Crippen LogP contribution < -0.4 is 10.9 Å². The topological polar surface area (TPSA) is 105 Å². The molecule has 142 valence electrons. The molecule has 3 rings (SSSR count). The number of hydrogen-bond donors (Lipinski definition) is 3.